The average Bonchev–Trinajstić information content (AvgIpc) is 3.28. The van der Waals surface area contributed by atoms with E-state index in [-0.39, 0.29) is 11.9 Å². The SMILES string of the molecule is CCCNc1ncc(C(=O)N(C)C(C)C2CC2)cc1Cl. The lowest BCUT2D eigenvalue weighted by atomic mass is 10.1. The van der Waals surface area contributed by atoms with Gasteiger partial charge in [-0.15, -0.1) is 0 Å². The van der Waals surface area contributed by atoms with E-state index in [1.54, 1.807) is 17.2 Å². The van der Waals surface area contributed by atoms with Crippen molar-refractivity contribution >= 4 is 23.3 Å². The number of pyridine rings is 1. The van der Waals surface area contributed by atoms with Gasteiger partial charge in [0.05, 0.1) is 10.6 Å². The molecule has 0 aromatic carbocycles. The van der Waals surface area contributed by atoms with Gasteiger partial charge in [0.2, 0.25) is 0 Å². The first-order chi connectivity index (χ1) is 9.54. The number of nitrogens with zero attached hydrogens (tertiary/aromatic N) is 2. The van der Waals surface area contributed by atoms with Gasteiger partial charge in [-0.3, -0.25) is 4.79 Å². The van der Waals surface area contributed by atoms with Crippen LogP contribution in [0.4, 0.5) is 5.82 Å². The molecule has 1 heterocycles. The van der Waals surface area contributed by atoms with Crippen LogP contribution in [0.5, 0.6) is 0 Å². The van der Waals surface area contributed by atoms with Crippen LogP contribution in [0.2, 0.25) is 5.02 Å². The molecular weight excluding hydrogens is 274 g/mol. The van der Waals surface area contributed by atoms with Crippen LogP contribution < -0.4 is 5.32 Å². The molecular formula is C15H22ClN3O. The van der Waals surface area contributed by atoms with Crippen molar-refractivity contribution in [3.8, 4) is 0 Å². The van der Waals surface area contributed by atoms with E-state index in [0.29, 0.717) is 22.3 Å². The average molecular weight is 296 g/mol. The number of carbonyl (C=O) groups excluding carboxylic acids is 1. The molecule has 110 valence electrons. The second-order valence-electron chi connectivity index (χ2n) is 5.48. The topological polar surface area (TPSA) is 45.2 Å². The maximum Gasteiger partial charge on any atom is 0.255 e. The van der Waals surface area contributed by atoms with E-state index in [9.17, 15) is 4.79 Å². The van der Waals surface area contributed by atoms with Gasteiger partial charge in [-0.1, -0.05) is 18.5 Å². The zero-order valence-corrected chi connectivity index (χ0v) is 13.1. The third kappa shape index (κ3) is 3.42. The molecule has 4 nitrogen and oxygen atoms in total. The molecule has 0 aliphatic heterocycles. The molecule has 1 amide bonds. The van der Waals surface area contributed by atoms with E-state index in [2.05, 4.69) is 24.1 Å². The lowest BCUT2D eigenvalue weighted by Crippen LogP contribution is -2.36. The molecule has 1 aromatic rings. The van der Waals surface area contributed by atoms with Crippen molar-refractivity contribution in [2.24, 2.45) is 5.92 Å². The number of carbonyl (C=O) groups is 1. The number of aromatic nitrogens is 1. The van der Waals surface area contributed by atoms with Gasteiger partial charge in [-0.05, 0) is 38.2 Å². The van der Waals surface area contributed by atoms with E-state index < -0.39 is 0 Å². The minimum absolute atomic E-state index is 0.0131. The fourth-order valence-corrected chi connectivity index (χ4v) is 2.44. The largest absolute Gasteiger partial charge is 0.369 e. The number of nitrogens with one attached hydrogen (secondary N) is 1. The van der Waals surface area contributed by atoms with E-state index in [4.69, 9.17) is 11.6 Å². The molecule has 0 spiro atoms. The Labute approximate surface area is 125 Å². The number of hydrogen-bond acceptors (Lipinski definition) is 3. The summed E-state index contributed by atoms with van der Waals surface area (Å²) in [5, 5.41) is 3.64. The molecule has 1 saturated carbocycles. The summed E-state index contributed by atoms with van der Waals surface area (Å²) < 4.78 is 0. The normalized spacial score (nSPS) is 15.8. The first-order valence-electron chi connectivity index (χ1n) is 7.21. The summed E-state index contributed by atoms with van der Waals surface area (Å²) in [7, 11) is 1.85. The van der Waals surface area contributed by atoms with Crippen molar-refractivity contribution in [1.29, 1.82) is 0 Å². The molecule has 0 saturated heterocycles. The molecule has 1 aromatic heterocycles. The predicted molar refractivity (Wildman–Crippen MR) is 82.3 cm³/mol. The minimum Gasteiger partial charge on any atom is -0.369 e. The molecule has 1 aliphatic rings. The van der Waals surface area contributed by atoms with Crippen LogP contribution in [0, 0.1) is 5.92 Å². The third-order valence-corrected chi connectivity index (χ3v) is 4.15. The second kappa shape index (κ2) is 6.44. The first kappa shape index (κ1) is 15.1. The molecule has 2 rings (SSSR count). The van der Waals surface area contributed by atoms with Gasteiger partial charge in [0.15, 0.2) is 0 Å². The Hall–Kier alpha value is -1.29. The van der Waals surface area contributed by atoms with Gasteiger partial charge in [0.25, 0.3) is 5.91 Å². The zero-order valence-electron chi connectivity index (χ0n) is 12.3. The molecule has 20 heavy (non-hydrogen) atoms. The summed E-state index contributed by atoms with van der Waals surface area (Å²) in [6, 6.07) is 1.98. The third-order valence-electron chi connectivity index (χ3n) is 3.87. The number of anilines is 1. The van der Waals surface area contributed by atoms with Crippen LogP contribution >= 0.6 is 11.6 Å². The van der Waals surface area contributed by atoms with Gasteiger partial charge < -0.3 is 10.2 Å². The van der Waals surface area contributed by atoms with Gasteiger partial charge in [0, 0.05) is 25.8 Å². The number of rotatable bonds is 6. The van der Waals surface area contributed by atoms with E-state index in [0.717, 1.165) is 13.0 Å². The highest BCUT2D eigenvalue weighted by Crippen LogP contribution is 2.35. The summed E-state index contributed by atoms with van der Waals surface area (Å²) in [5.41, 5.74) is 0.548. The lowest BCUT2D eigenvalue weighted by molar-refractivity contribution is 0.0727. The molecule has 0 bridgehead atoms. The molecule has 1 aliphatic carbocycles. The minimum atomic E-state index is -0.0131. The van der Waals surface area contributed by atoms with E-state index in [1.807, 2.05) is 7.05 Å². The van der Waals surface area contributed by atoms with Crippen molar-refractivity contribution < 1.29 is 4.79 Å². The number of hydrogen-bond donors (Lipinski definition) is 1. The smallest absolute Gasteiger partial charge is 0.255 e. The molecule has 0 radical (unpaired) electrons. The van der Waals surface area contributed by atoms with Crippen LogP contribution in [0.3, 0.4) is 0 Å². The Morgan fingerprint density at radius 2 is 2.30 bits per heavy atom. The maximum atomic E-state index is 12.4. The fourth-order valence-electron chi connectivity index (χ4n) is 2.21. The fraction of sp³-hybridized carbons (Fsp3) is 0.600. The molecule has 5 heteroatoms. The summed E-state index contributed by atoms with van der Waals surface area (Å²) in [4.78, 5) is 18.4. The van der Waals surface area contributed by atoms with E-state index in [1.165, 1.54) is 12.8 Å². The van der Waals surface area contributed by atoms with Crippen LogP contribution in [0.15, 0.2) is 12.3 Å². The number of halogens is 1. The summed E-state index contributed by atoms with van der Waals surface area (Å²) in [6.45, 7) is 4.99. The molecule has 1 unspecified atom stereocenters. The van der Waals surface area contributed by atoms with Crippen LogP contribution in [0.1, 0.15) is 43.5 Å². The molecule has 1 N–H and O–H groups in total. The van der Waals surface area contributed by atoms with Crippen LogP contribution in [-0.4, -0.2) is 35.4 Å². The monoisotopic (exact) mass is 295 g/mol. The van der Waals surface area contributed by atoms with Crippen LogP contribution in [-0.2, 0) is 0 Å². The summed E-state index contributed by atoms with van der Waals surface area (Å²) in [6.07, 6.45) is 5.04. The standard InChI is InChI=1S/C15H22ClN3O/c1-4-7-17-14-13(16)8-12(9-18-14)15(20)19(3)10(2)11-5-6-11/h8-11H,4-7H2,1-3H3,(H,17,18). The Bertz CT molecular complexity index is 488. The molecule has 1 atom stereocenters. The van der Waals surface area contributed by atoms with Crippen molar-refractivity contribution in [1.82, 2.24) is 9.88 Å². The maximum absolute atomic E-state index is 12.4. The van der Waals surface area contributed by atoms with Gasteiger partial charge in [0.1, 0.15) is 5.82 Å². The zero-order chi connectivity index (χ0) is 14.7. The highest BCUT2D eigenvalue weighted by Gasteiger charge is 2.32. The predicted octanol–water partition coefficient (Wildman–Crippen LogP) is 3.43. The quantitative estimate of drug-likeness (QED) is 0.874. The van der Waals surface area contributed by atoms with Crippen molar-refractivity contribution in [2.45, 2.75) is 39.2 Å². The highest BCUT2D eigenvalue weighted by atomic mass is 35.5. The Morgan fingerprint density at radius 3 is 2.85 bits per heavy atom. The Morgan fingerprint density at radius 1 is 1.60 bits per heavy atom. The first-order valence-corrected chi connectivity index (χ1v) is 7.59. The van der Waals surface area contributed by atoms with Gasteiger partial charge in [-0.25, -0.2) is 4.98 Å². The Kier molecular flexibility index (Phi) is 4.86. The highest BCUT2D eigenvalue weighted by molar-refractivity contribution is 6.33. The number of amides is 1. The van der Waals surface area contributed by atoms with Gasteiger partial charge >= 0.3 is 0 Å². The summed E-state index contributed by atoms with van der Waals surface area (Å²) >= 11 is 6.17. The summed E-state index contributed by atoms with van der Waals surface area (Å²) in [5.74, 6) is 1.28. The van der Waals surface area contributed by atoms with E-state index >= 15 is 0 Å². The molecule has 1 fully saturated rings. The second-order valence-corrected chi connectivity index (χ2v) is 5.88. The van der Waals surface area contributed by atoms with Crippen molar-refractivity contribution in [3.05, 3.63) is 22.8 Å². The van der Waals surface area contributed by atoms with Crippen molar-refractivity contribution in [3.63, 3.8) is 0 Å². The Balaban J connectivity index is 2.07. The lowest BCUT2D eigenvalue weighted by Gasteiger charge is -2.25. The van der Waals surface area contributed by atoms with Gasteiger partial charge in [-0.2, -0.15) is 0 Å². The van der Waals surface area contributed by atoms with Crippen LogP contribution in [0.25, 0.3) is 0 Å². The van der Waals surface area contributed by atoms with Crippen molar-refractivity contribution in [2.75, 3.05) is 18.9 Å².